The summed E-state index contributed by atoms with van der Waals surface area (Å²) < 4.78 is 8.39. The molecular weight excluding hydrogens is 296 g/mol. The molecule has 0 atom stereocenters. The van der Waals surface area contributed by atoms with Crippen LogP contribution in [0.1, 0.15) is 11.1 Å². The van der Waals surface area contributed by atoms with Gasteiger partial charge in [-0.1, -0.05) is 24.3 Å². The van der Waals surface area contributed by atoms with Gasteiger partial charge in [-0.05, 0) is 31.0 Å². The lowest BCUT2D eigenvalue weighted by atomic mass is 10.00. The molecule has 0 aliphatic heterocycles. The molecule has 4 aromatic rings. The number of hydrogen-bond donors (Lipinski definition) is 0. The predicted molar refractivity (Wildman–Crippen MR) is 96.1 cm³/mol. The summed E-state index contributed by atoms with van der Waals surface area (Å²) >= 11 is 0. The topological polar surface area (TPSA) is 21.4 Å². The van der Waals surface area contributed by atoms with Crippen LogP contribution in [-0.2, 0) is 7.05 Å². The zero-order valence-electron chi connectivity index (χ0n) is 13.9. The van der Waals surface area contributed by atoms with E-state index in [0.29, 0.717) is 5.69 Å². The molecule has 0 aliphatic carbocycles. The van der Waals surface area contributed by atoms with Crippen LogP contribution < -0.4 is 4.57 Å². The largest absolute Gasteiger partial charge is 0.456 e. The monoisotopic (exact) mass is 313 g/mol. The van der Waals surface area contributed by atoms with E-state index in [-0.39, 0.29) is 0 Å². The molecule has 2 aromatic heterocycles. The number of furan rings is 1. The Hall–Kier alpha value is -3.12. The minimum atomic E-state index is 0.644. The number of hydrogen-bond acceptors (Lipinski definition) is 1. The molecule has 0 saturated carbocycles. The number of aromatic nitrogens is 1. The van der Waals surface area contributed by atoms with Crippen molar-refractivity contribution in [2.45, 2.75) is 13.8 Å². The Labute approximate surface area is 140 Å². The van der Waals surface area contributed by atoms with Crippen LogP contribution in [0.25, 0.3) is 38.0 Å². The molecular formula is C21H17N2O+. The maximum absolute atomic E-state index is 7.31. The van der Waals surface area contributed by atoms with Gasteiger partial charge in [0, 0.05) is 22.9 Å². The molecule has 0 amide bonds. The number of benzene rings is 2. The SMILES string of the molecule is [C-]#[N+]c1ccc2c(oc3c(-c4cccc[n+]4C)c(C)ccc32)c1C. The molecule has 3 nitrogen and oxygen atoms in total. The Morgan fingerprint density at radius 1 is 0.958 bits per heavy atom. The molecule has 0 radical (unpaired) electrons. The quantitative estimate of drug-likeness (QED) is 0.347. The standard InChI is InChI=1S/C21H17N2O/c1-13-8-9-16-15-10-11-17(22-3)14(2)20(15)24-21(16)19(13)18-7-5-6-12-23(18)4/h5-12H,1-2,4H3/q+1. The van der Waals surface area contributed by atoms with Crippen LogP contribution in [0.4, 0.5) is 5.69 Å². The molecule has 0 aliphatic rings. The van der Waals surface area contributed by atoms with Gasteiger partial charge in [-0.3, -0.25) is 0 Å². The summed E-state index contributed by atoms with van der Waals surface area (Å²) in [6.45, 7) is 11.4. The van der Waals surface area contributed by atoms with Crippen molar-refractivity contribution >= 4 is 27.6 Å². The summed E-state index contributed by atoms with van der Waals surface area (Å²) in [5, 5.41) is 2.16. The summed E-state index contributed by atoms with van der Waals surface area (Å²) in [5.41, 5.74) is 6.63. The fraction of sp³-hybridized carbons (Fsp3) is 0.143. The lowest BCUT2D eigenvalue weighted by molar-refractivity contribution is -0.660. The van der Waals surface area contributed by atoms with Gasteiger partial charge in [0.15, 0.2) is 11.9 Å². The van der Waals surface area contributed by atoms with E-state index in [1.807, 2.05) is 44.4 Å². The summed E-state index contributed by atoms with van der Waals surface area (Å²) in [4.78, 5) is 3.59. The second-order valence-corrected chi connectivity index (χ2v) is 6.13. The van der Waals surface area contributed by atoms with Crippen LogP contribution in [0, 0.1) is 20.4 Å². The maximum atomic E-state index is 7.31. The minimum Gasteiger partial charge on any atom is -0.456 e. The Balaban J connectivity index is 2.17. The van der Waals surface area contributed by atoms with Crippen molar-refractivity contribution < 1.29 is 8.98 Å². The van der Waals surface area contributed by atoms with Crippen LogP contribution in [0.15, 0.2) is 53.1 Å². The Morgan fingerprint density at radius 3 is 2.46 bits per heavy atom. The maximum Gasteiger partial charge on any atom is 0.216 e. The van der Waals surface area contributed by atoms with E-state index in [0.717, 1.165) is 38.8 Å². The highest BCUT2D eigenvalue weighted by atomic mass is 16.3. The molecule has 0 spiro atoms. The Bertz CT molecular complexity index is 1150. The molecule has 0 N–H and O–H groups in total. The molecule has 2 heterocycles. The average molecular weight is 313 g/mol. The third-order valence-corrected chi connectivity index (χ3v) is 4.67. The molecule has 0 bridgehead atoms. The lowest BCUT2D eigenvalue weighted by Gasteiger charge is -2.04. The van der Waals surface area contributed by atoms with Gasteiger partial charge in [-0.15, -0.1) is 0 Å². The van der Waals surface area contributed by atoms with Crippen molar-refractivity contribution in [1.29, 1.82) is 0 Å². The van der Waals surface area contributed by atoms with E-state index in [9.17, 15) is 0 Å². The first-order chi connectivity index (χ1) is 11.6. The number of fused-ring (bicyclic) bond motifs is 3. The fourth-order valence-corrected chi connectivity index (χ4v) is 3.35. The van der Waals surface area contributed by atoms with Crippen molar-refractivity contribution in [2.24, 2.45) is 7.05 Å². The van der Waals surface area contributed by atoms with Gasteiger partial charge in [-0.25, -0.2) is 9.41 Å². The van der Waals surface area contributed by atoms with Gasteiger partial charge < -0.3 is 4.42 Å². The highest BCUT2D eigenvalue weighted by Crippen LogP contribution is 2.39. The van der Waals surface area contributed by atoms with E-state index < -0.39 is 0 Å². The number of nitrogens with zero attached hydrogens (tertiary/aromatic N) is 2. The molecule has 0 unspecified atom stereocenters. The number of rotatable bonds is 1. The summed E-state index contributed by atoms with van der Waals surface area (Å²) in [6.07, 6.45) is 2.04. The zero-order chi connectivity index (χ0) is 16.8. The van der Waals surface area contributed by atoms with Crippen molar-refractivity contribution in [1.82, 2.24) is 0 Å². The van der Waals surface area contributed by atoms with Gasteiger partial charge in [0.2, 0.25) is 5.69 Å². The third kappa shape index (κ3) is 1.93. The van der Waals surface area contributed by atoms with Gasteiger partial charge in [0.05, 0.1) is 12.1 Å². The Morgan fingerprint density at radius 2 is 1.71 bits per heavy atom. The molecule has 2 aromatic carbocycles. The normalized spacial score (nSPS) is 11.1. The van der Waals surface area contributed by atoms with Crippen LogP contribution in [0.2, 0.25) is 0 Å². The number of aryl methyl sites for hydroxylation is 3. The first-order valence-corrected chi connectivity index (χ1v) is 7.89. The average Bonchev–Trinajstić information content (AvgIpc) is 2.96. The van der Waals surface area contributed by atoms with E-state index in [1.165, 1.54) is 5.56 Å². The molecule has 0 saturated heterocycles. The Kier molecular flexibility index (Phi) is 3.14. The first-order valence-electron chi connectivity index (χ1n) is 7.89. The molecule has 0 fully saturated rings. The predicted octanol–water partition coefficient (Wildman–Crippen LogP) is 5.25. The highest BCUT2D eigenvalue weighted by molar-refractivity contribution is 6.11. The van der Waals surface area contributed by atoms with Gasteiger partial charge in [0.1, 0.15) is 18.2 Å². The van der Waals surface area contributed by atoms with Crippen LogP contribution in [0.5, 0.6) is 0 Å². The molecule has 4 rings (SSSR count). The van der Waals surface area contributed by atoms with Crippen molar-refractivity contribution in [2.75, 3.05) is 0 Å². The lowest BCUT2D eigenvalue weighted by Crippen LogP contribution is -2.30. The minimum absolute atomic E-state index is 0.644. The van der Waals surface area contributed by atoms with Crippen LogP contribution >= 0.6 is 0 Å². The summed E-state index contributed by atoms with van der Waals surface area (Å²) in [5.74, 6) is 0. The second kappa shape index (κ2) is 5.21. The first kappa shape index (κ1) is 14.5. The van der Waals surface area contributed by atoms with Gasteiger partial charge >= 0.3 is 0 Å². The van der Waals surface area contributed by atoms with E-state index in [2.05, 4.69) is 34.5 Å². The van der Waals surface area contributed by atoms with Crippen molar-refractivity contribution in [3.05, 3.63) is 71.2 Å². The molecule has 3 heteroatoms. The summed E-state index contributed by atoms with van der Waals surface area (Å²) in [6, 6.07) is 14.3. The highest BCUT2D eigenvalue weighted by Gasteiger charge is 2.21. The van der Waals surface area contributed by atoms with Gasteiger partial charge in [0.25, 0.3) is 0 Å². The number of pyridine rings is 1. The van der Waals surface area contributed by atoms with Gasteiger partial charge in [-0.2, -0.15) is 0 Å². The van der Waals surface area contributed by atoms with Crippen LogP contribution in [0.3, 0.4) is 0 Å². The van der Waals surface area contributed by atoms with E-state index >= 15 is 0 Å². The van der Waals surface area contributed by atoms with E-state index in [1.54, 1.807) is 0 Å². The van der Waals surface area contributed by atoms with Crippen LogP contribution in [-0.4, -0.2) is 0 Å². The smallest absolute Gasteiger partial charge is 0.216 e. The van der Waals surface area contributed by atoms with Crippen molar-refractivity contribution in [3.8, 4) is 11.3 Å². The van der Waals surface area contributed by atoms with E-state index in [4.69, 9.17) is 11.0 Å². The zero-order valence-corrected chi connectivity index (χ0v) is 13.9. The third-order valence-electron chi connectivity index (χ3n) is 4.67. The molecule has 24 heavy (non-hydrogen) atoms. The van der Waals surface area contributed by atoms with Crippen molar-refractivity contribution in [3.63, 3.8) is 0 Å². The summed E-state index contributed by atoms with van der Waals surface area (Å²) in [7, 11) is 2.04. The molecule has 116 valence electrons. The fourth-order valence-electron chi connectivity index (χ4n) is 3.35. The second-order valence-electron chi connectivity index (χ2n) is 6.13.